The van der Waals surface area contributed by atoms with Crippen LogP contribution in [0.3, 0.4) is 0 Å². The van der Waals surface area contributed by atoms with E-state index < -0.39 is 6.09 Å². The lowest BCUT2D eigenvalue weighted by Crippen LogP contribution is -2.62. The van der Waals surface area contributed by atoms with E-state index in [1.165, 1.54) is 25.7 Å². The summed E-state index contributed by atoms with van der Waals surface area (Å²) in [6.45, 7) is 11.9. The summed E-state index contributed by atoms with van der Waals surface area (Å²) in [5.74, 6) is 3.28. The number of hydrogen-bond acceptors (Lipinski definition) is 5. The molecule has 1 amide bonds. The summed E-state index contributed by atoms with van der Waals surface area (Å²) in [6.07, 6.45) is 9.23. The van der Waals surface area contributed by atoms with E-state index in [1.54, 1.807) is 0 Å². The fourth-order valence-corrected chi connectivity index (χ4v) is 9.98. The maximum atomic E-state index is 12.1. The van der Waals surface area contributed by atoms with E-state index in [1.807, 2.05) is 6.92 Å². The summed E-state index contributed by atoms with van der Waals surface area (Å²) in [7, 11) is 0. The van der Waals surface area contributed by atoms with Gasteiger partial charge in [0.2, 0.25) is 0 Å². The average Bonchev–Trinajstić information content (AvgIpc) is 3.17. The van der Waals surface area contributed by atoms with Gasteiger partial charge in [0.1, 0.15) is 0 Å². The second kappa shape index (κ2) is 11.1. The molecule has 4 rings (SSSR count). The Hall–Kier alpha value is -0.850. The fourth-order valence-electron chi connectivity index (χ4n) is 9.98. The molecule has 0 aromatic heterocycles. The lowest BCUT2D eigenvalue weighted by molar-refractivity contribution is -0.203. The number of rotatable bonds is 8. The van der Waals surface area contributed by atoms with Gasteiger partial charge in [0.25, 0.3) is 0 Å². The van der Waals surface area contributed by atoms with Crippen LogP contribution in [-0.4, -0.2) is 52.9 Å². The normalized spacial score (nSPS) is 45.7. The third-order valence-corrected chi connectivity index (χ3v) is 11.9. The summed E-state index contributed by atoms with van der Waals surface area (Å²) >= 11 is 0. The number of amides is 1. The zero-order valence-electron chi connectivity index (χ0n) is 23.4. The lowest BCUT2D eigenvalue weighted by Gasteiger charge is -2.64. The smallest absolute Gasteiger partial charge is 0.407 e. The Morgan fingerprint density at radius 1 is 1.00 bits per heavy atom. The van der Waals surface area contributed by atoms with Gasteiger partial charge < -0.3 is 25.4 Å². The molecule has 4 saturated carbocycles. The number of ether oxygens (including phenoxy) is 1. The molecule has 0 saturated heterocycles. The maximum absolute atomic E-state index is 12.1. The zero-order valence-corrected chi connectivity index (χ0v) is 23.4. The molecule has 4 fully saturated rings. The fraction of sp³-hybridized carbons (Fsp3) is 0.967. The van der Waals surface area contributed by atoms with Crippen LogP contribution in [0, 0.1) is 52.3 Å². The number of fused-ring (bicyclic) bond motifs is 5. The van der Waals surface area contributed by atoms with Crippen LogP contribution >= 0.6 is 0 Å². The van der Waals surface area contributed by atoms with Crippen LogP contribution in [-0.2, 0) is 4.74 Å². The van der Waals surface area contributed by atoms with Crippen molar-refractivity contribution in [3.63, 3.8) is 0 Å². The van der Waals surface area contributed by atoms with Crippen molar-refractivity contribution in [3.8, 4) is 0 Å². The number of aliphatic hydroxyl groups excluding tert-OH is 3. The highest BCUT2D eigenvalue weighted by atomic mass is 16.5. The summed E-state index contributed by atoms with van der Waals surface area (Å²) in [6, 6.07) is -0.0904. The Labute approximate surface area is 219 Å². The molecule has 4 aliphatic carbocycles. The van der Waals surface area contributed by atoms with Crippen molar-refractivity contribution in [2.24, 2.45) is 52.3 Å². The second-order valence-electron chi connectivity index (χ2n) is 13.6. The third kappa shape index (κ3) is 4.96. The van der Waals surface area contributed by atoms with Crippen LogP contribution in [0.4, 0.5) is 4.79 Å². The van der Waals surface area contributed by atoms with Crippen LogP contribution in [0.2, 0.25) is 0 Å². The Morgan fingerprint density at radius 3 is 2.39 bits per heavy atom. The third-order valence-electron chi connectivity index (χ3n) is 11.9. The highest BCUT2D eigenvalue weighted by molar-refractivity contribution is 5.67. The Bertz CT molecular complexity index is 762. The molecule has 0 bridgehead atoms. The van der Waals surface area contributed by atoms with Crippen LogP contribution in [0.15, 0.2) is 0 Å². The number of nitrogens with one attached hydrogen (secondary N) is 1. The van der Waals surface area contributed by atoms with E-state index in [4.69, 9.17) is 9.84 Å². The Morgan fingerprint density at radius 2 is 1.69 bits per heavy atom. The molecule has 0 aromatic carbocycles. The van der Waals surface area contributed by atoms with Crippen molar-refractivity contribution >= 4 is 6.09 Å². The van der Waals surface area contributed by atoms with Crippen molar-refractivity contribution in [3.05, 3.63) is 0 Å². The summed E-state index contributed by atoms with van der Waals surface area (Å²) in [4.78, 5) is 12.1. The van der Waals surface area contributed by atoms with Gasteiger partial charge in [0, 0.05) is 12.6 Å². The van der Waals surface area contributed by atoms with Crippen LogP contribution in [0.25, 0.3) is 0 Å². The summed E-state index contributed by atoms with van der Waals surface area (Å²) in [5, 5.41) is 34.1. The van der Waals surface area contributed by atoms with Gasteiger partial charge in [-0.05, 0) is 117 Å². The van der Waals surface area contributed by atoms with Gasteiger partial charge >= 0.3 is 6.09 Å². The largest absolute Gasteiger partial charge is 0.450 e. The number of hydrogen-bond donors (Lipinski definition) is 4. The first kappa shape index (κ1) is 28.2. The zero-order chi connectivity index (χ0) is 26.3. The molecule has 0 aromatic rings. The molecule has 36 heavy (non-hydrogen) atoms. The monoisotopic (exact) mass is 507 g/mol. The topological polar surface area (TPSA) is 99.0 Å². The van der Waals surface area contributed by atoms with E-state index in [0.29, 0.717) is 54.5 Å². The SMILES string of the molecule is CC[C@H]1[C@@H](O)[C@@H]2[C@H](CC[C@]3(C)C([C@H](C)CCOC(=O)N[C@H](C)CCO)CC[C@@H]23)[C@@]2(C)CC[C@@H](O)C[C@@H]12. The molecule has 12 atom stereocenters. The van der Waals surface area contributed by atoms with Gasteiger partial charge in [-0.15, -0.1) is 0 Å². The molecule has 4 N–H and O–H groups in total. The quantitative estimate of drug-likeness (QED) is 0.365. The summed E-state index contributed by atoms with van der Waals surface area (Å²) < 4.78 is 5.48. The van der Waals surface area contributed by atoms with E-state index in [2.05, 4.69) is 33.0 Å². The Kier molecular flexibility index (Phi) is 8.68. The molecule has 6 nitrogen and oxygen atoms in total. The van der Waals surface area contributed by atoms with Crippen LogP contribution in [0.5, 0.6) is 0 Å². The predicted octanol–water partition coefficient (Wildman–Crippen LogP) is 5.14. The minimum atomic E-state index is -0.393. The molecule has 6 heteroatoms. The van der Waals surface area contributed by atoms with E-state index in [-0.39, 0.29) is 35.7 Å². The molecule has 4 aliphatic rings. The molecule has 0 radical (unpaired) electrons. The minimum Gasteiger partial charge on any atom is -0.450 e. The Balaban J connectivity index is 1.42. The van der Waals surface area contributed by atoms with E-state index >= 15 is 0 Å². The van der Waals surface area contributed by atoms with Gasteiger partial charge in [-0.3, -0.25) is 0 Å². The molecule has 1 unspecified atom stereocenters. The maximum Gasteiger partial charge on any atom is 0.407 e. The molecule has 0 heterocycles. The van der Waals surface area contributed by atoms with E-state index in [9.17, 15) is 15.0 Å². The molecule has 208 valence electrons. The predicted molar refractivity (Wildman–Crippen MR) is 141 cm³/mol. The summed E-state index contributed by atoms with van der Waals surface area (Å²) in [5.41, 5.74) is 0.471. The van der Waals surface area contributed by atoms with E-state index in [0.717, 1.165) is 32.1 Å². The van der Waals surface area contributed by atoms with Crippen molar-refractivity contribution in [2.75, 3.05) is 13.2 Å². The van der Waals surface area contributed by atoms with Crippen molar-refractivity contribution in [1.82, 2.24) is 5.32 Å². The second-order valence-corrected chi connectivity index (χ2v) is 13.6. The molecule has 0 aliphatic heterocycles. The van der Waals surface area contributed by atoms with Gasteiger partial charge in [-0.1, -0.05) is 34.1 Å². The number of alkyl carbamates (subject to hydrolysis) is 1. The number of carbonyl (C=O) groups is 1. The van der Waals surface area contributed by atoms with Gasteiger partial charge in [0.15, 0.2) is 0 Å². The average molecular weight is 508 g/mol. The highest BCUT2D eigenvalue weighted by Gasteiger charge is 2.64. The van der Waals surface area contributed by atoms with Gasteiger partial charge in [0.05, 0.1) is 18.8 Å². The molecular formula is C30H53NO5. The van der Waals surface area contributed by atoms with Gasteiger partial charge in [-0.2, -0.15) is 0 Å². The van der Waals surface area contributed by atoms with Crippen molar-refractivity contribution in [1.29, 1.82) is 0 Å². The standard InChI is InChI=1S/C30H53NO5/c1-6-21-25-17-20(33)9-13-30(25,5)24-10-14-29(4)22(7-8-23(29)26(24)27(21)34)18(2)12-16-36-28(35)31-19(3)11-15-32/h18-27,32-34H,6-17H2,1-5H3,(H,31,35)/t18-,19-,20-,21-,22?,23+,24+,25+,26+,27-,29-,30-/m1/s1. The first-order chi connectivity index (χ1) is 17.1. The van der Waals surface area contributed by atoms with Crippen LogP contribution in [0.1, 0.15) is 98.8 Å². The first-order valence-electron chi connectivity index (χ1n) is 15.0. The lowest BCUT2D eigenvalue weighted by atomic mass is 9.41. The van der Waals surface area contributed by atoms with Crippen LogP contribution < -0.4 is 5.32 Å². The molecule has 0 spiro atoms. The van der Waals surface area contributed by atoms with Gasteiger partial charge in [-0.25, -0.2) is 4.79 Å². The number of carbonyl (C=O) groups excluding carboxylic acids is 1. The first-order valence-corrected chi connectivity index (χ1v) is 15.0. The highest BCUT2D eigenvalue weighted by Crippen LogP contribution is 2.69. The van der Waals surface area contributed by atoms with Crippen molar-refractivity contribution < 1.29 is 24.9 Å². The van der Waals surface area contributed by atoms with Crippen molar-refractivity contribution in [2.45, 2.75) is 117 Å². The minimum absolute atomic E-state index is 0.0528. The molecular weight excluding hydrogens is 454 g/mol. The number of aliphatic hydroxyl groups is 3.